The van der Waals surface area contributed by atoms with Crippen LogP contribution in [0.1, 0.15) is 5.69 Å². The van der Waals surface area contributed by atoms with Crippen molar-refractivity contribution in [3.05, 3.63) is 24.0 Å². The van der Waals surface area contributed by atoms with Crippen molar-refractivity contribution >= 4 is 5.78 Å². The van der Waals surface area contributed by atoms with Gasteiger partial charge in [-0.05, 0) is 0 Å². The van der Waals surface area contributed by atoms with E-state index in [1.54, 1.807) is 0 Å². The van der Waals surface area contributed by atoms with E-state index in [2.05, 4.69) is 15.1 Å². The number of hydrogen-bond donors (Lipinski definition) is 0. The summed E-state index contributed by atoms with van der Waals surface area (Å²) in [4.78, 5) is 6.40. The van der Waals surface area contributed by atoms with Crippen molar-refractivity contribution in [1.82, 2.24) is 19.6 Å². The topological polar surface area (TPSA) is 43.1 Å². The first-order valence-corrected chi connectivity index (χ1v) is 3.42. The quantitative estimate of drug-likeness (QED) is 0.610. The second kappa shape index (κ2) is 2.63. The maximum Gasteiger partial charge on any atom is 0.438 e. The highest BCUT2D eigenvalue weighted by molar-refractivity contribution is 5.29. The molecule has 0 saturated heterocycles. The zero-order valence-corrected chi connectivity index (χ0v) is 6.46. The Morgan fingerprint density at radius 3 is 2.50 bits per heavy atom. The summed E-state index contributed by atoms with van der Waals surface area (Å²) in [6.07, 6.45) is -2.64. The number of aromatic nitrogens is 4. The summed E-state index contributed by atoms with van der Waals surface area (Å²) in [5, 5.41) is 3.33. The lowest BCUT2D eigenvalue weighted by Crippen LogP contribution is -2.08. The molecular weight excluding hydrogens is 204 g/mol. The SMILES string of the molecule is Fc1c(C(F)(F)F)nc2nccnn12. The molecular formula is C6H2F4N4. The molecule has 0 aliphatic carbocycles. The molecule has 2 heterocycles. The summed E-state index contributed by atoms with van der Waals surface area (Å²) < 4.78 is 49.7. The number of hydrogen-bond acceptors (Lipinski definition) is 3. The Bertz CT molecular complexity index is 474. The van der Waals surface area contributed by atoms with Gasteiger partial charge in [-0.15, -0.1) is 0 Å². The third kappa shape index (κ3) is 1.19. The summed E-state index contributed by atoms with van der Waals surface area (Å²) in [7, 11) is 0. The summed E-state index contributed by atoms with van der Waals surface area (Å²) in [5.74, 6) is -1.97. The van der Waals surface area contributed by atoms with Crippen molar-refractivity contribution in [2.24, 2.45) is 0 Å². The van der Waals surface area contributed by atoms with Crippen LogP contribution in [0.2, 0.25) is 0 Å². The van der Waals surface area contributed by atoms with E-state index in [1.165, 1.54) is 0 Å². The highest BCUT2D eigenvalue weighted by Crippen LogP contribution is 2.30. The molecule has 4 nitrogen and oxygen atoms in total. The minimum absolute atomic E-state index is 0.392. The van der Waals surface area contributed by atoms with E-state index in [9.17, 15) is 17.6 Å². The van der Waals surface area contributed by atoms with E-state index in [0.717, 1.165) is 12.4 Å². The molecule has 0 amide bonds. The van der Waals surface area contributed by atoms with Crippen LogP contribution in [0.4, 0.5) is 17.6 Å². The first-order chi connectivity index (χ1) is 6.50. The van der Waals surface area contributed by atoms with Gasteiger partial charge in [-0.2, -0.15) is 27.2 Å². The fourth-order valence-electron chi connectivity index (χ4n) is 0.944. The van der Waals surface area contributed by atoms with Crippen LogP contribution in [0.25, 0.3) is 5.78 Å². The largest absolute Gasteiger partial charge is 0.438 e. The van der Waals surface area contributed by atoms with Crippen molar-refractivity contribution in [2.45, 2.75) is 6.18 Å². The van der Waals surface area contributed by atoms with E-state index in [-0.39, 0.29) is 0 Å². The minimum Gasteiger partial charge on any atom is -0.218 e. The molecule has 0 bridgehead atoms. The second-order valence-corrected chi connectivity index (χ2v) is 2.40. The predicted molar refractivity (Wildman–Crippen MR) is 35.7 cm³/mol. The van der Waals surface area contributed by atoms with Gasteiger partial charge < -0.3 is 0 Å². The highest BCUT2D eigenvalue weighted by atomic mass is 19.4. The second-order valence-electron chi connectivity index (χ2n) is 2.40. The first-order valence-electron chi connectivity index (χ1n) is 3.42. The fourth-order valence-corrected chi connectivity index (χ4v) is 0.944. The van der Waals surface area contributed by atoms with Crippen LogP contribution in [0.15, 0.2) is 12.4 Å². The maximum absolute atomic E-state index is 13.0. The van der Waals surface area contributed by atoms with E-state index >= 15 is 0 Å². The number of rotatable bonds is 0. The van der Waals surface area contributed by atoms with E-state index < -0.39 is 23.6 Å². The average Bonchev–Trinajstić information content (AvgIpc) is 2.44. The summed E-state index contributed by atoms with van der Waals surface area (Å²) in [6, 6.07) is 0. The lowest BCUT2D eigenvalue weighted by atomic mass is 10.5. The van der Waals surface area contributed by atoms with Gasteiger partial charge in [0.05, 0.1) is 12.4 Å². The molecule has 0 radical (unpaired) electrons. The molecule has 0 atom stereocenters. The Labute approximate surface area is 74.2 Å². The molecule has 2 aromatic rings. The van der Waals surface area contributed by atoms with Crippen LogP contribution in [-0.4, -0.2) is 19.6 Å². The number of imidazole rings is 1. The van der Waals surface area contributed by atoms with Crippen LogP contribution in [0.5, 0.6) is 0 Å². The van der Waals surface area contributed by atoms with Gasteiger partial charge in [0.1, 0.15) is 0 Å². The standard InChI is InChI=1S/C6H2F4N4/c7-4-3(6(8,9)10)13-5-11-1-2-12-14(4)5/h1-2H. The molecule has 0 spiro atoms. The summed E-state index contributed by atoms with van der Waals surface area (Å²) in [6.45, 7) is 0. The maximum atomic E-state index is 13.0. The van der Waals surface area contributed by atoms with Gasteiger partial charge in [0.15, 0.2) is 0 Å². The zero-order chi connectivity index (χ0) is 10.3. The van der Waals surface area contributed by atoms with E-state index in [0.29, 0.717) is 4.52 Å². The van der Waals surface area contributed by atoms with E-state index in [1.807, 2.05) is 0 Å². The van der Waals surface area contributed by atoms with Gasteiger partial charge in [-0.3, -0.25) is 0 Å². The highest BCUT2D eigenvalue weighted by Gasteiger charge is 2.39. The van der Waals surface area contributed by atoms with Gasteiger partial charge >= 0.3 is 6.18 Å². The first kappa shape index (κ1) is 8.85. The Morgan fingerprint density at radius 1 is 1.21 bits per heavy atom. The molecule has 0 unspecified atom stereocenters. The van der Waals surface area contributed by atoms with Gasteiger partial charge in [-0.25, -0.2) is 9.97 Å². The Kier molecular flexibility index (Phi) is 1.66. The predicted octanol–water partition coefficient (Wildman–Crippen LogP) is 1.28. The molecule has 14 heavy (non-hydrogen) atoms. The number of halogens is 4. The summed E-state index contributed by atoms with van der Waals surface area (Å²) >= 11 is 0. The number of nitrogens with zero attached hydrogens (tertiary/aromatic N) is 4. The lowest BCUT2D eigenvalue weighted by Gasteiger charge is -1.99. The number of alkyl halides is 3. The zero-order valence-electron chi connectivity index (χ0n) is 6.46. The summed E-state index contributed by atoms with van der Waals surface area (Å²) in [5.41, 5.74) is -1.61. The van der Waals surface area contributed by atoms with Crippen LogP contribution < -0.4 is 0 Å². The third-order valence-electron chi connectivity index (χ3n) is 1.49. The van der Waals surface area contributed by atoms with Crippen LogP contribution >= 0.6 is 0 Å². The third-order valence-corrected chi connectivity index (χ3v) is 1.49. The van der Waals surface area contributed by atoms with Gasteiger partial charge in [0.2, 0.25) is 11.6 Å². The minimum atomic E-state index is -4.83. The smallest absolute Gasteiger partial charge is 0.218 e. The van der Waals surface area contributed by atoms with Gasteiger partial charge in [0, 0.05) is 0 Å². The molecule has 2 aromatic heterocycles. The van der Waals surface area contributed by atoms with Crippen LogP contribution in [0, 0.1) is 5.95 Å². The average molecular weight is 206 g/mol. The van der Waals surface area contributed by atoms with Gasteiger partial charge in [0.25, 0.3) is 5.78 Å². The fraction of sp³-hybridized carbons (Fsp3) is 0.167. The molecule has 8 heteroatoms. The Morgan fingerprint density at radius 2 is 1.93 bits per heavy atom. The Hall–Kier alpha value is -1.73. The van der Waals surface area contributed by atoms with Crippen molar-refractivity contribution in [1.29, 1.82) is 0 Å². The molecule has 0 fully saturated rings. The van der Waals surface area contributed by atoms with E-state index in [4.69, 9.17) is 0 Å². The molecule has 0 aliphatic rings. The van der Waals surface area contributed by atoms with Crippen molar-refractivity contribution in [3.63, 3.8) is 0 Å². The van der Waals surface area contributed by atoms with Crippen molar-refractivity contribution < 1.29 is 17.6 Å². The molecule has 2 rings (SSSR count). The molecule has 0 N–H and O–H groups in total. The monoisotopic (exact) mass is 206 g/mol. The molecule has 0 aliphatic heterocycles. The normalized spacial score (nSPS) is 12.3. The van der Waals surface area contributed by atoms with Crippen LogP contribution in [0.3, 0.4) is 0 Å². The van der Waals surface area contributed by atoms with Gasteiger partial charge in [-0.1, -0.05) is 0 Å². The molecule has 74 valence electrons. The van der Waals surface area contributed by atoms with Crippen LogP contribution in [-0.2, 0) is 6.18 Å². The van der Waals surface area contributed by atoms with Crippen molar-refractivity contribution in [2.75, 3.05) is 0 Å². The Balaban J connectivity index is 2.75. The van der Waals surface area contributed by atoms with Crippen molar-refractivity contribution in [3.8, 4) is 0 Å². The number of fused-ring (bicyclic) bond motifs is 1. The lowest BCUT2D eigenvalue weighted by molar-refractivity contribution is -0.143. The molecule has 0 aromatic carbocycles. The molecule has 0 saturated carbocycles.